The molecule has 1 amide bonds. The molecule has 0 atom stereocenters. The Morgan fingerprint density at radius 3 is 2.48 bits per heavy atom. The summed E-state index contributed by atoms with van der Waals surface area (Å²) in [7, 11) is 1.49. The Bertz CT molecular complexity index is 1140. The molecule has 1 N–H and O–H groups in total. The molecule has 0 heterocycles. The van der Waals surface area contributed by atoms with Gasteiger partial charge in [0.05, 0.1) is 18.9 Å². The lowest BCUT2D eigenvalue weighted by atomic mass is 10.2. The Hall–Kier alpha value is -2.25. The fourth-order valence-corrected chi connectivity index (χ4v) is 3.63. The van der Waals surface area contributed by atoms with Gasteiger partial charge in [-0.25, -0.2) is 5.43 Å². The van der Waals surface area contributed by atoms with Crippen LogP contribution in [0, 0.1) is 0 Å². The van der Waals surface area contributed by atoms with Crippen LogP contribution in [-0.4, -0.2) is 19.2 Å². The van der Waals surface area contributed by atoms with E-state index in [-0.39, 0.29) is 6.61 Å². The third-order valence-electron chi connectivity index (χ3n) is 4.15. The van der Waals surface area contributed by atoms with E-state index in [1.807, 2.05) is 0 Å². The molecule has 3 rings (SSSR count). The number of benzene rings is 3. The van der Waals surface area contributed by atoms with Gasteiger partial charge in [0.25, 0.3) is 5.91 Å². The molecule has 0 fully saturated rings. The number of nitrogens with zero attached hydrogens (tertiary/aromatic N) is 1. The van der Waals surface area contributed by atoms with Crippen LogP contribution in [0.4, 0.5) is 0 Å². The number of rotatable bonds is 7. The molecule has 0 aliphatic heterocycles. The maximum Gasteiger partial charge on any atom is 0.275 e. The van der Waals surface area contributed by atoms with Gasteiger partial charge in [-0.1, -0.05) is 56.8 Å². The van der Waals surface area contributed by atoms with Crippen molar-refractivity contribution in [1.29, 1.82) is 0 Å². The quantitative estimate of drug-likeness (QED) is 0.265. The number of hydrazone groups is 1. The van der Waals surface area contributed by atoms with Gasteiger partial charge in [-0.2, -0.15) is 5.10 Å². The van der Waals surface area contributed by atoms with E-state index in [4.69, 9.17) is 44.3 Å². The minimum Gasteiger partial charge on any atom is -0.496 e. The summed E-state index contributed by atoms with van der Waals surface area (Å²) in [6.45, 7) is 0.222. The number of carbonyl (C=O) groups excluding carboxylic acids is 1. The Morgan fingerprint density at radius 1 is 1.03 bits per heavy atom. The summed E-state index contributed by atoms with van der Waals surface area (Å²) in [5, 5.41) is 5.58. The van der Waals surface area contributed by atoms with Crippen molar-refractivity contribution >= 4 is 62.9 Å². The summed E-state index contributed by atoms with van der Waals surface area (Å²) in [6.07, 6.45) is 1.45. The molecular weight excluding hydrogens is 527 g/mol. The van der Waals surface area contributed by atoms with Gasteiger partial charge in [-0.3, -0.25) is 4.79 Å². The van der Waals surface area contributed by atoms with Crippen LogP contribution >= 0.6 is 50.7 Å². The lowest BCUT2D eigenvalue weighted by Crippen LogP contribution is -2.18. The number of carbonyl (C=O) groups is 1. The number of amides is 1. The zero-order valence-electron chi connectivity index (χ0n) is 16.2. The third kappa shape index (κ3) is 6.37. The van der Waals surface area contributed by atoms with E-state index in [0.29, 0.717) is 37.7 Å². The molecule has 0 radical (unpaired) electrons. The van der Waals surface area contributed by atoms with E-state index in [2.05, 4.69) is 26.5 Å². The Labute approximate surface area is 203 Å². The van der Waals surface area contributed by atoms with Crippen molar-refractivity contribution in [2.45, 2.75) is 6.61 Å². The molecule has 0 aliphatic rings. The van der Waals surface area contributed by atoms with Gasteiger partial charge in [-0.15, -0.1) is 0 Å². The fourth-order valence-electron chi connectivity index (χ4n) is 2.62. The van der Waals surface area contributed by atoms with Crippen molar-refractivity contribution < 1.29 is 14.3 Å². The van der Waals surface area contributed by atoms with Gasteiger partial charge in [0, 0.05) is 30.7 Å². The summed E-state index contributed by atoms with van der Waals surface area (Å²) in [5.41, 5.74) is 4.18. The van der Waals surface area contributed by atoms with Crippen molar-refractivity contribution in [2.24, 2.45) is 5.10 Å². The molecule has 3 aromatic rings. The monoisotopic (exact) mass is 540 g/mol. The normalized spacial score (nSPS) is 10.9. The van der Waals surface area contributed by atoms with Gasteiger partial charge in [0.2, 0.25) is 0 Å². The molecule has 0 saturated carbocycles. The van der Waals surface area contributed by atoms with E-state index >= 15 is 0 Å². The molecule has 0 saturated heterocycles. The first-order chi connectivity index (χ1) is 14.9. The molecule has 0 aliphatic carbocycles. The lowest BCUT2D eigenvalue weighted by molar-refractivity contribution is 0.0952. The number of hydrogen-bond acceptors (Lipinski definition) is 4. The molecular formula is C22H16BrCl3N2O3. The Kier molecular flexibility index (Phi) is 8.21. The van der Waals surface area contributed by atoms with E-state index < -0.39 is 5.91 Å². The van der Waals surface area contributed by atoms with Crippen LogP contribution in [0.15, 0.2) is 64.2 Å². The predicted octanol–water partition coefficient (Wildman–Crippen LogP) is 6.76. The van der Waals surface area contributed by atoms with Crippen LogP contribution in [0.3, 0.4) is 0 Å². The maximum atomic E-state index is 12.5. The third-order valence-corrected chi connectivity index (χ3v) is 5.46. The first kappa shape index (κ1) is 23.4. The summed E-state index contributed by atoms with van der Waals surface area (Å²) >= 11 is 21.6. The second-order valence-electron chi connectivity index (χ2n) is 6.25. The van der Waals surface area contributed by atoms with E-state index in [0.717, 1.165) is 10.0 Å². The molecule has 160 valence electrons. The summed E-state index contributed by atoms with van der Waals surface area (Å²) in [6, 6.07) is 15.4. The molecule has 0 aromatic heterocycles. The number of hydrogen-bond donors (Lipinski definition) is 1. The number of halogens is 4. The van der Waals surface area contributed by atoms with Crippen LogP contribution in [0.5, 0.6) is 11.5 Å². The van der Waals surface area contributed by atoms with Gasteiger partial charge < -0.3 is 9.47 Å². The summed E-state index contributed by atoms with van der Waals surface area (Å²) in [4.78, 5) is 12.5. The van der Waals surface area contributed by atoms with Gasteiger partial charge >= 0.3 is 0 Å². The molecule has 3 aromatic carbocycles. The predicted molar refractivity (Wildman–Crippen MR) is 128 cm³/mol. The zero-order valence-corrected chi connectivity index (χ0v) is 20.0. The lowest BCUT2D eigenvalue weighted by Gasteiger charge is -2.11. The second-order valence-corrected chi connectivity index (χ2v) is 8.45. The molecule has 0 unspecified atom stereocenters. The first-order valence-electron chi connectivity index (χ1n) is 8.90. The SMILES string of the molecule is COc1ccc(Br)cc1C(=O)N/N=C\c1cc(Cl)ccc1OCc1ccc(Cl)cc1Cl. The highest BCUT2D eigenvalue weighted by Gasteiger charge is 2.12. The number of ether oxygens (including phenoxy) is 2. The van der Waals surface area contributed by atoms with Crippen LogP contribution in [0.25, 0.3) is 0 Å². The van der Waals surface area contributed by atoms with Crippen LogP contribution in [-0.2, 0) is 6.61 Å². The Balaban J connectivity index is 1.74. The van der Waals surface area contributed by atoms with Crippen molar-refractivity contribution in [3.05, 3.63) is 90.8 Å². The molecule has 31 heavy (non-hydrogen) atoms. The second kappa shape index (κ2) is 10.9. The maximum absolute atomic E-state index is 12.5. The standard InChI is InChI=1S/C22H16BrCl3N2O3/c1-30-21-6-3-15(23)9-18(21)22(29)28-27-11-14-8-16(24)5-7-20(14)31-12-13-2-4-17(25)10-19(13)26/h2-11H,12H2,1H3,(H,28,29)/b27-11-. The average Bonchev–Trinajstić information content (AvgIpc) is 2.74. The van der Waals surface area contributed by atoms with Crippen molar-refractivity contribution in [2.75, 3.05) is 7.11 Å². The largest absolute Gasteiger partial charge is 0.496 e. The Morgan fingerprint density at radius 2 is 1.74 bits per heavy atom. The molecule has 0 spiro atoms. The van der Waals surface area contributed by atoms with E-state index in [1.54, 1.807) is 54.6 Å². The molecule has 0 bridgehead atoms. The van der Waals surface area contributed by atoms with Crippen molar-refractivity contribution in [3.8, 4) is 11.5 Å². The van der Waals surface area contributed by atoms with E-state index in [1.165, 1.54) is 13.3 Å². The first-order valence-corrected chi connectivity index (χ1v) is 10.8. The summed E-state index contributed by atoms with van der Waals surface area (Å²) in [5.74, 6) is 0.530. The van der Waals surface area contributed by atoms with Crippen LogP contribution < -0.4 is 14.9 Å². The topological polar surface area (TPSA) is 59.9 Å². The summed E-state index contributed by atoms with van der Waals surface area (Å²) < 4.78 is 11.8. The van der Waals surface area contributed by atoms with Gasteiger partial charge in [-0.05, 0) is 48.5 Å². The minimum atomic E-state index is -0.424. The number of nitrogens with one attached hydrogen (secondary N) is 1. The van der Waals surface area contributed by atoms with Crippen molar-refractivity contribution in [1.82, 2.24) is 5.43 Å². The van der Waals surface area contributed by atoms with Crippen molar-refractivity contribution in [3.63, 3.8) is 0 Å². The van der Waals surface area contributed by atoms with E-state index in [9.17, 15) is 4.79 Å². The highest BCUT2D eigenvalue weighted by Crippen LogP contribution is 2.26. The zero-order chi connectivity index (χ0) is 22.4. The van der Waals surface area contributed by atoms with Gasteiger partial charge in [0.15, 0.2) is 0 Å². The minimum absolute atomic E-state index is 0.222. The number of methoxy groups -OCH3 is 1. The fraction of sp³-hybridized carbons (Fsp3) is 0.0909. The van der Waals surface area contributed by atoms with Crippen LogP contribution in [0.2, 0.25) is 15.1 Å². The highest BCUT2D eigenvalue weighted by molar-refractivity contribution is 9.10. The highest BCUT2D eigenvalue weighted by atomic mass is 79.9. The smallest absolute Gasteiger partial charge is 0.275 e. The van der Waals surface area contributed by atoms with Gasteiger partial charge in [0.1, 0.15) is 18.1 Å². The van der Waals surface area contributed by atoms with Crippen LogP contribution in [0.1, 0.15) is 21.5 Å². The molecule has 5 nitrogen and oxygen atoms in total. The average molecular weight is 543 g/mol. The molecule has 9 heteroatoms.